The highest BCUT2D eigenvalue weighted by molar-refractivity contribution is 5.63. The summed E-state index contributed by atoms with van der Waals surface area (Å²) in [5.74, 6) is 2.54. The molecule has 3 heterocycles. The number of aryl methyl sites for hydroxylation is 1. The second-order valence-electron chi connectivity index (χ2n) is 5.09. The van der Waals surface area contributed by atoms with Gasteiger partial charge in [-0.2, -0.15) is 0 Å². The Bertz CT molecular complexity index is 798. The maximum absolute atomic E-state index is 5.69. The van der Waals surface area contributed by atoms with Crippen LogP contribution in [0.5, 0.6) is 5.75 Å². The van der Waals surface area contributed by atoms with Gasteiger partial charge >= 0.3 is 0 Å². The van der Waals surface area contributed by atoms with Gasteiger partial charge in [0.05, 0.1) is 12.6 Å². The first kappa shape index (κ1) is 12.1. The molecule has 2 aromatic heterocycles. The molecule has 1 N–H and O–H groups in total. The van der Waals surface area contributed by atoms with Crippen molar-refractivity contribution in [3.63, 3.8) is 0 Å². The monoisotopic (exact) mass is 281 g/mol. The van der Waals surface area contributed by atoms with Crippen molar-refractivity contribution in [2.45, 2.75) is 19.4 Å². The van der Waals surface area contributed by atoms with Gasteiger partial charge in [-0.3, -0.25) is 4.40 Å². The second-order valence-corrected chi connectivity index (χ2v) is 5.09. The zero-order chi connectivity index (χ0) is 14.2. The van der Waals surface area contributed by atoms with Gasteiger partial charge in [-0.1, -0.05) is 18.2 Å². The summed E-state index contributed by atoms with van der Waals surface area (Å²) >= 11 is 0. The molecule has 0 fully saturated rings. The molecular weight excluding hydrogens is 266 g/mol. The molecule has 1 aliphatic heterocycles. The predicted octanol–water partition coefficient (Wildman–Crippen LogP) is 2.37. The highest BCUT2D eigenvalue weighted by atomic mass is 16.5. The maximum atomic E-state index is 5.69. The first-order valence-electron chi connectivity index (χ1n) is 6.97. The highest BCUT2D eigenvalue weighted by Gasteiger charge is 2.22. The number of nitrogens with zero attached hydrogens (tertiary/aromatic N) is 4. The van der Waals surface area contributed by atoms with E-state index in [1.54, 1.807) is 6.20 Å². The van der Waals surface area contributed by atoms with Crippen LogP contribution in [0, 0.1) is 6.92 Å². The molecule has 0 aliphatic carbocycles. The minimum atomic E-state index is 0.172. The van der Waals surface area contributed by atoms with E-state index in [-0.39, 0.29) is 6.04 Å². The van der Waals surface area contributed by atoms with Crippen molar-refractivity contribution in [1.82, 2.24) is 19.6 Å². The van der Waals surface area contributed by atoms with E-state index in [1.165, 1.54) is 0 Å². The molecule has 4 rings (SSSR count). The van der Waals surface area contributed by atoms with E-state index in [0.717, 1.165) is 35.0 Å². The Balaban J connectivity index is 1.73. The Kier molecular flexibility index (Phi) is 2.73. The van der Waals surface area contributed by atoms with Gasteiger partial charge in [-0.25, -0.2) is 4.98 Å². The lowest BCUT2D eigenvalue weighted by molar-refractivity contribution is 0.274. The first-order chi connectivity index (χ1) is 10.3. The molecule has 6 nitrogen and oxygen atoms in total. The van der Waals surface area contributed by atoms with Crippen molar-refractivity contribution in [1.29, 1.82) is 0 Å². The van der Waals surface area contributed by atoms with E-state index in [4.69, 9.17) is 4.74 Å². The normalized spacial score (nSPS) is 17.3. The molecule has 0 spiro atoms. The minimum Gasteiger partial charge on any atom is -0.493 e. The fourth-order valence-electron chi connectivity index (χ4n) is 2.70. The quantitative estimate of drug-likeness (QED) is 0.781. The van der Waals surface area contributed by atoms with Gasteiger partial charge < -0.3 is 10.1 Å². The molecular formula is C15H15N5O. The van der Waals surface area contributed by atoms with Crippen LogP contribution < -0.4 is 10.1 Å². The van der Waals surface area contributed by atoms with Crippen LogP contribution in [0.25, 0.3) is 5.65 Å². The Labute approximate surface area is 121 Å². The summed E-state index contributed by atoms with van der Waals surface area (Å²) in [6, 6.07) is 8.27. The zero-order valence-corrected chi connectivity index (χ0v) is 11.7. The largest absolute Gasteiger partial charge is 0.493 e. The van der Waals surface area contributed by atoms with Crippen LogP contribution in [0.15, 0.2) is 36.7 Å². The number of benzene rings is 1. The Morgan fingerprint density at radius 1 is 1.29 bits per heavy atom. The standard InChI is InChI=1S/C15H15N5O/c1-10-18-19-15-14(16-7-8-20(10)15)17-12-6-9-21-13-5-3-2-4-11(12)13/h2-5,7-8,12H,6,9H2,1H3,(H,16,17). The third-order valence-corrected chi connectivity index (χ3v) is 3.77. The summed E-state index contributed by atoms with van der Waals surface area (Å²) in [7, 11) is 0. The molecule has 106 valence electrons. The van der Waals surface area contributed by atoms with Crippen molar-refractivity contribution >= 4 is 11.5 Å². The molecule has 3 aromatic rings. The number of nitrogens with one attached hydrogen (secondary N) is 1. The first-order valence-corrected chi connectivity index (χ1v) is 6.97. The molecule has 1 aliphatic rings. The molecule has 1 atom stereocenters. The number of anilines is 1. The Hall–Kier alpha value is -2.63. The number of rotatable bonds is 2. The smallest absolute Gasteiger partial charge is 0.203 e. The lowest BCUT2D eigenvalue weighted by Crippen LogP contribution is -2.21. The maximum Gasteiger partial charge on any atom is 0.203 e. The fourth-order valence-corrected chi connectivity index (χ4v) is 2.70. The number of ether oxygens (including phenoxy) is 1. The van der Waals surface area contributed by atoms with Crippen LogP contribution in [-0.2, 0) is 0 Å². The summed E-state index contributed by atoms with van der Waals surface area (Å²) in [5, 5.41) is 11.8. The molecule has 1 unspecified atom stereocenters. The van der Waals surface area contributed by atoms with Crippen molar-refractivity contribution < 1.29 is 4.74 Å². The average molecular weight is 281 g/mol. The summed E-state index contributed by atoms with van der Waals surface area (Å²) in [6.07, 6.45) is 4.53. The molecule has 0 saturated carbocycles. The van der Waals surface area contributed by atoms with Crippen LogP contribution in [0.3, 0.4) is 0 Å². The lowest BCUT2D eigenvalue weighted by atomic mass is 10.0. The molecule has 0 radical (unpaired) electrons. The predicted molar refractivity (Wildman–Crippen MR) is 78.4 cm³/mol. The van der Waals surface area contributed by atoms with Crippen LogP contribution in [0.1, 0.15) is 23.9 Å². The van der Waals surface area contributed by atoms with Gasteiger partial charge in [0, 0.05) is 24.4 Å². The van der Waals surface area contributed by atoms with Gasteiger partial charge in [0.2, 0.25) is 5.65 Å². The van der Waals surface area contributed by atoms with Crippen LogP contribution >= 0.6 is 0 Å². The lowest BCUT2D eigenvalue weighted by Gasteiger charge is -2.26. The number of hydrogen-bond acceptors (Lipinski definition) is 5. The zero-order valence-electron chi connectivity index (χ0n) is 11.7. The highest BCUT2D eigenvalue weighted by Crippen LogP contribution is 2.34. The molecule has 0 saturated heterocycles. The van der Waals surface area contributed by atoms with Gasteiger partial charge in [0.25, 0.3) is 0 Å². The van der Waals surface area contributed by atoms with Gasteiger partial charge in [0.15, 0.2) is 5.82 Å². The molecule has 0 amide bonds. The molecule has 21 heavy (non-hydrogen) atoms. The summed E-state index contributed by atoms with van der Waals surface area (Å²) in [5.41, 5.74) is 1.91. The van der Waals surface area contributed by atoms with Crippen molar-refractivity contribution in [3.8, 4) is 5.75 Å². The van der Waals surface area contributed by atoms with Crippen LogP contribution in [0.4, 0.5) is 5.82 Å². The van der Waals surface area contributed by atoms with E-state index < -0.39 is 0 Å². The summed E-state index contributed by atoms with van der Waals surface area (Å²) < 4.78 is 7.62. The minimum absolute atomic E-state index is 0.172. The number of aromatic nitrogens is 4. The number of hydrogen-bond donors (Lipinski definition) is 1. The topological polar surface area (TPSA) is 64.3 Å². The average Bonchev–Trinajstić information content (AvgIpc) is 2.90. The van der Waals surface area contributed by atoms with Crippen LogP contribution in [-0.4, -0.2) is 26.2 Å². The Morgan fingerprint density at radius 3 is 3.14 bits per heavy atom. The number of para-hydroxylation sites is 1. The molecule has 6 heteroatoms. The van der Waals surface area contributed by atoms with Crippen molar-refractivity contribution in [3.05, 3.63) is 48.0 Å². The SMILES string of the molecule is Cc1nnc2c(NC3CCOc4ccccc43)nccn12. The van der Waals surface area contributed by atoms with E-state index in [1.807, 2.05) is 35.7 Å². The molecule has 1 aromatic carbocycles. The summed E-state index contributed by atoms with van der Waals surface area (Å²) in [4.78, 5) is 4.41. The van der Waals surface area contributed by atoms with Gasteiger partial charge in [-0.05, 0) is 13.0 Å². The fraction of sp³-hybridized carbons (Fsp3) is 0.267. The van der Waals surface area contributed by atoms with Crippen LogP contribution in [0.2, 0.25) is 0 Å². The van der Waals surface area contributed by atoms with E-state index in [9.17, 15) is 0 Å². The van der Waals surface area contributed by atoms with Gasteiger partial charge in [0.1, 0.15) is 11.6 Å². The third kappa shape index (κ3) is 1.99. The second kappa shape index (κ2) is 4.73. The van der Waals surface area contributed by atoms with Crippen molar-refractivity contribution in [2.75, 3.05) is 11.9 Å². The van der Waals surface area contributed by atoms with E-state index >= 15 is 0 Å². The number of fused-ring (bicyclic) bond motifs is 2. The Morgan fingerprint density at radius 2 is 2.19 bits per heavy atom. The van der Waals surface area contributed by atoms with E-state index in [0.29, 0.717) is 6.61 Å². The van der Waals surface area contributed by atoms with Gasteiger partial charge in [-0.15, -0.1) is 10.2 Å². The van der Waals surface area contributed by atoms with E-state index in [2.05, 4.69) is 26.6 Å². The summed E-state index contributed by atoms with van der Waals surface area (Å²) in [6.45, 7) is 2.62. The molecule has 0 bridgehead atoms. The van der Waals surface area contributed by atoms with Crippen molar-refractivity contribution in [2.24, 2.45) is 0 Å². The third-order valence-electron chi connectivity index (χ3n) is 3.77.